The van der Waals surface area contributed by atoms with Gasteiger partial charge in [0.25, 0.3) is 0 Å². The summed E-state index contributed by atoms with van der Waals surface area (Å²) in [5.41, 5.74) is 3.34. The molecule has 3 rings (SSSR count). The monoisotopic (exact) mass is 383 g/mol. The molecule has 0 aliphatic heterocycles. The van der Waals surface area contributed by atoms with Gasteiger partial charge in [0, 0.05) is 23.8 Å². The smallest absolute Gasteiger partial charge is 0.248 e. The van der Waals surface area contributed by atoms with Gasteiger partial charge < -0.3 is 9.73 Å². The lowest BCUT2D eigenvalue weighted by molar-refractivity contribution is -0.122. The van der Waals surface area contributed by atoms with Crippen molar-refractivity contribution in [3.63, 3.8) is 0 Å². The number of aryl methyl sites for hydroxylation is 2. The van der Waals surface area contributed by atoms with Gasteiger partial charge in [0.05, 0.1) is 6.04 Å². The van der Waals surface area contributed by atoms with Crippen LogP contribution in [0.5, 0.6) is 0 Å². The third-order valence-corrected chi connectivity index (χ3v) is 5.21. The zero-order valence-electron chi connectivity index (χ0n) is 15.9. The van der Waals surface area contributed by atoms with Crippen LogP contribution in [0.4, 0.5) is 0 Å². The Labute approximate surface area is 163 Å². The second-order valence-electron chi connectivity index (χ2n) is 6.90. The molecule has 5 nitrogen and oxygen atoms in total. The molecule has 3 aromatic rings. The number of aromatic nitrogens is 2. The first-order valence-electron chi connectivity index (χ1n) is 9.30. The van der Waals surface area contributed by atoms with E-state index in [1.165, 1.54) is 5.56 Å². The summed E-state index contributed by atoms with van der Waals surface area (Å²) >= 11 is 1.58. The predicted octanol–water partition coefficient (Wildman–Crippen LogP) is 4.81. The van der Waals surface area contributed by atoms with Crippen LogP contribution in [0.25, 0.3) is 11.5 Å². The molecule has 6 heteroatoms. The van der Waals surface area contributed by atoms with Gasteiger partial charge >= 0.3 is 0 Å². The number of hydrogen-bond acceptors (Lipinski definition) is 5. The van der Waals surface area contributed by atoms with E-state index >= 15 is 0 Å². The first kappa shape index (κ1) is 19.3. The average Bonchev–Trinajstić information content (AvgIpc) is 3.35. The van der Waals surface area contributed by atoms with Crippen molar-refractivity contribution in [2.45, 2.75) is 46.1 Å². The number of amides is 1. The lowest BCUT2D eigenvalue weighted by Crippen LogP contribution is -2.31. The van der Waals surface area contributed by atoms with Crippen molar-refractivity contribution < 1.29 is 9.21 Å². The minimum absolute atomic E-state index is 0.00698. The minimum atomic E-state index is -0.0106. The van der Waals surface area contributed by atoms with E-state index in [0.29, 0.717) is 30.5 Å². The molecule has 0 spiro atoms. The Balaban J connectivity index is 1.58. The zero-order valence-corrected chi connectivity index (χ0v) is 16.8. The first-order valence-corrected chi connectivity index (χ1v) is 10.2. The number of benzene rings is 1. The molecular weight excluding hydrogens is 358 g/mol. The summed E-state index contributed by atoms with van der Waals surface area (Å²) < 4.78 is 5.65. The van der Waals surface area contributed by atoms with Crippen molar-refractivity contribution in [3.8, 4) is 11.5 Å². The SMILES string of the molecule is CCc1ccc(C(NC(=O)CCc2nnc(-c3ccsc3)o2)C(C)C)cc1. The van der Waals surface area contributed by atoms with Crippen molar-refractivity contribution in [1.29, 1.82) is 0 Å². The molecule has 1 atom stereocenters. The van der Waals surface area contributed by atoms with Crippen molar-refractivity contribution in [3.05, 3.63) is 58.1 Å². The minimum Gasteiger partial charge on any atom is -0.421 e. The highest BCUT2D eigenvalue weighted by Gasteiger charge is 2.19. The van der Waals surface area contributed by atoms with Crippen LogP contribution in [0.15, 0.2) is 45.5 Å². The fourth-order valence-corrected chi connectivity index (χ4v) is 3.55. The molecule has 0 saturated heterocycles. The molecule has 0 aliphatic rings. The van der Waals surface area contributed by atoms with E-state index < -0.39 is 0 Å². The molecule has 142 valence electrons. The van der Waals surface area contributed by atoms with Crippen LogP contribution in [0.2, 0.25) is 0 Å². The molecule has 1 N–H and O–H groups in total. The maximum absolute atomic E-state index is 12.5. The maximum Gasteiger partial charge on any atom is 0.248 e. The van der Waals surface area contributed by atoms with Crippen molar-refractivity contribution >= 4 is 17.2 Å². The van der Waals surface area contributed by atoms with Gasteiger partial charge in [0.1, 0.15) is 0 Å². The van der Waals surface area contributed by atoms with Crippen LogP contribution < -0.4 is 5.32 Å². The normalized spacial score (nSPS) is 12.3. The van der Waals surface area contributed by atoms with Crippen LogP contribution in [-0.4, -0.2) is 16.1 Å². The molecule has 0 saturated carbocycles. The fraction of sp³-hybridized carbons (Fsp3) is 0.381. The third-order valence-electron chi connectivity index (χ3n) is 4.53. The topological polar surface area (TPSA) is 68.0 Å². The van der Waals surface area contributed by atoms with Gasteiger partial charge in [-0.2, -0.15) is 11.3 Å². The van der Waals surface area contributed by atoms with Gasteiger partial charge in [-0.1, -0.05) is 45.0 Å². The number of rotatable bonds is 8. The second-order valence-corrected chi connectivity index (χ2v) is 7.68. The Kier molecular flexibility index (Phi) is 6.40. The number of carbonyl (C=O) groups is 1. The Morgan fingerprint density at radius 3 is 2.59 bits per heavy atom. The fourth-order valence-electron chi connectivity index (χ4n) is 2.92. The van der Waals surface area contributed by atoms with Crippen LogP contribution >= 0.6 is 11.3 Å². The highest BCUT2D eigenvalue weighted by Crippen LogP contribution is 2.23. The largest absolute Gasteiger partial charge is 0.421 e. The third kappa shape index (κ3) is 5.04. The van der Waals surface area contributed by atoms with Crippen molar-refractivity contribution in [2.75, 3.05) is 0 Å². The number of thiophene rings is 1. The summed E-state index contributed by atoms with van der Waals surface area (Å²) in [6, 6.07) is 10.4. The molecule has 1 unspecified atom stereocenters. The lowest BCUT2D eigenvalue weighted by Gasteiger charge is -2.23. The summed E-state index contributed by atoms with van der Waals surface area (Å²) in [7, 11) is 0. The quantitative estimate of drug-likeness (QED) is 0.606. The average molecular weight is 384 g/mol. The van der Waals surface area contributed by atoms with Crippen molar-refractivity contribution in [2.24, 2.45) is 5.92 Å². The van der Waals surface area contributed by atoms with Crippen LogP contribution in [0.3, 0.4) is 0 Å². The molecule has 0 radical (unpaired) electrons. The number of nitrogens with zero attached hydrogens (tertiary/aromatic N) is 2. The standard InChI is InChI=1S/C21H25N3O2S/c1-4-15-5-7-16(8-6-15)20(14(2)3)22-18(25)9-10-19-23-24-21(26-19)17-11-12-27-13-17/h5-8,11-14,20H,4,9-10H2,1-3H3,(H,22,25). The first-order chi connectivity index (χ1) is 13.1. The van der Waals surface area contributed by atoms with Gasteiger partial charge in [0.2, 0.25) is 17.7 Å². The van der Waals surface area contributed by atoms with E-state index in [4.69, 9.17) is 4.42 Å². The van der Waals surface area contributed by atoms with Crippen molar-refractivity contribution in [1.82, 2.24) is 15.5 Å². The Morgan fingerprint density at radius 2 is 1.96 bits per heavy atom. The molecule has 27 heavy (non-hydrogen) atoms. The van der Waals surface area contributed by atoms with Crippen LogP contribution in [0.1, 0.15) is 50.3 Å². The molecular formula is C21H25N3O2S. The van der Waals surface area contributed by atoms with Gasteiger partial charge in [-0.05, 0) is 34.9 Å². The maximum atomic E-state index is 12.5. The van der Waals surface area contributed by atoms with Gasteiger partial charge in [-0.25, -0.2) is 0 Å². The summed E-state index contributed by atoms with van der Waals surface area (Å²) in [5, 5.41) is 15.2. The lowest BCUT2D eigenvalue weighted by atomic mass is 9.94. The van der Waals surface area contributed by atoms with Crippen LogP contribution in [0, 0.1) is 5.92 Å². The van der Waals surface area contributed by atoms with E-state index in [0.717, 1.165) is 17.5 Å². The van der Waals surface area contributed by atoms with E-state index in [2.05, 4.69) is 60.6 Å². The Morgan fingerprint density at radius 1 is 1.19 bits per heavy atom. The molecule has 0 aliphatic carbocycles. The second kappa shape index (κ2) is 8.95. The number of hydrogen-bond donors (Lipinski definition) is 1. The van der Waals surface area contributed by atoms with Crippen LogP contribution in [-0.2, 0) is 17.6 Å². The molecule has 1 aromatic carbocycles. The molecule has 0 bridgehead atoms. The zero-order chi connectivity index (χ0) is 19.2. The van der Waals surface area contributed by atoms with E-state index in [9.17, 15) is 4.79 Å². The Bertz CT molecular complexity index is 854. The highest BCUT2D eigenvalue weighted by molar-refractivity contribution is 7.08. The van der Waals surface area contributed by atoms with E-state index in [-0.39, 0.29) is 11.9 Å². The van der Waals surface area contributed by atoms with Gasteiger partial charge in [-0.3, -0.25) is 4.79 Å². The number of carbonyl (C=O) groups excluding carboxylic acids is 1. The number of nitrogens with one attached hydrogen (secondary N) is 1. The van der Waals surface area contributed by atoms with E-state index in [1.807, 2.05) is 16.8 Å². The highest BCUT2D eigenvalue weighted by atomic mass is 32.1. The van der Waals surface area contributed by atoms with Gasteiger partial charge in [-0.15, -0.1) is 10.2 Å². The Hall–Kier alpha value is -2.47. The summed E-state index contributed by atoms with van der Waals surface area (Å²) in [4.78, 5) is 12.5. The molecule has 2 aromatic heterocycles. The molecule has 2 heterocycles. The van der Waals surface area contributed by atoms with Gasteiger partial charge in [0.15, 0.2) is 0 Å². The molecule has 0 fully saturated rings. The summed E-state index contributed by atoms with van der Waals surface area (Å²) in [6.45, 7) is 6.37. The summed E-state index contributed by atoms with van der Waals surface area (Å²) in [5.74, 6) is 1.28. The molecule has 1 amide bonds. The summed E-state index contributed by atoms with van der Waals surface area (Å²) in [6.07, 6.45) is 1.76. The van der Waals surface area contributed by atoms with E-state index in [1.54, 1.807) is 11.3 Å². The predicted molar refractivity (Wildman–Crippen MR) is 107 cm³/mol.